The Morgan fingerprint density at radius 3 is 3.08 bits per heavy atom. The lowest BCUT2D eigenvalue weighted by atomic mass is 9.97. The molecule has 2 N–H and O–H groups in total. The second kappa shape index (κ2) is 7.00. The Labute approximate surface area is 144 Å². The van der Waals surface area contributed by atoms with Crippen molar-refractivity contribution in [1.82, 2.24) is 15.2 Å². The minimum absolute atomic E-state index is 0.0771. The smallest absolute Gasteiger partial charge is 0.285 e. The predicted octanol–water partition coefficient (Wildman–Crippen LogP) is 1.98. The number of aryl methyl sites for hydroxylation is 1. The Morgan fingerprint density at radius 2 is 2.29 bits per heavy atom. The number of aromatic nitrogens is 3. The van der Waals surface area contributed by atoms with Gasteiger partial charge in [-0.15, -0.1) is 0 Å². The van der Waals surface area contributed by atoms with Crippen LogP contribution in [0.5, 0.6) is 0 Å². The minimum atomic E-state index is -0.426. The number of hydrogen-bond acceptors (Lipinski definition) is 5. The molecule has 0 spiro atoms. The van der Waals surface area contributed by atoms with E-state index >= 15 is 0 Å². The number of nitrogens with zero attached hydrogens (tertiary/aromatic N) is 3. The summed E-state index contributed by atoms with van der Waals surface area (Å²) in [6, 6.07) is 5.50. The van der Waals surface area contributed by atoms with Crippen LogP contribution in [0.3, 0.4) is 0 Å². The van der Waals surface area contributed by atoms with Gasteiger partial charge < -0.3 is 10.2 Å². The van der Waals surface area contributed by atoms with Gasteiger partial charge in [0.1, 0.15) is 10.8 Å². The molecule has 1 amide bonds. The summed E-state index contributed by atoms with van der Waals surface area (Å²) in [5, 5.41) is 9.05. The second-order valence-electron chi connectivity index (χ2n) is 5.84. The van der Waals surface area contributed by atoms with Crippen LogP contribution in [0.2, 0.25) is 5.02 Å². The topological polar surface area (TPSA) is 91.0 Å². The number of H-pyrrole nitrogens is 1. The first kappa shape index (κ1) is 16.4. The number of pyridine rings is 1. The van der Waals surface area contributed by atoms with Gasteiger partial charge in [0.25, 0.3) is 5.56 Å². The highest BCUT2D eigenvalue weighted by molar-refractivity contribution is 6.33. The van der Waals surface area contributed by atoms with Crippen LogP contribution in [0.4, 0.5) is 11.5 Å². The maximum atomic E-state index is 12.5. The molecule has 1 aliphatic rings. The molecule has 0 bridgehead atoms. The van der Waals surface area contributed by atoms with Gasteiger partial charge in [-0.3, -0.25) is 9.59 Å². The normalized spacial score (nSPS) is 17.6. The minimum Gasteiger partial charge on any atom is -0.368 e. The van der Waals surface area contributed by atoms with Crippen molar-refractivity contribution in [2.45, 2.75) is 19.8 Å². The molecular formula is C16H18ClN5O2. The van der Waals surface area contributed by atoms with Crippen LogP contribution in [0.1, 0.15) is 18.5 Å². The molecule has 0 aliphatic carbocycles. The molecule has 8 heteroatoms. The SMILES string of the molecule is Cc1cccc(NC(=O)[C@@H]2CCCN(c3cn[nH]c(=O)c3Cl)C2)n1. The summed E-state index contributed by atoms with van der Waals surface area (Å²) in [5.74, 6) is 0.274. The largest absolute Gasteiger partial charge is 0.368 e. The number of nitrogens with one attached hydrogen (secondary N) is 2. The summed E-state index contributed by atoms with van der Waals surface area (Å²) >= 11 is 6.07. The van der Waals surface area contributed by atoms with Crippen LogP contribution in [0.15, 0.2) is 29.2 Å². The Kier molecular flexibility index (Phi) is 4.80. The summed E-state index contributed by atoms with van der Waals surface area (Å²) in [6.45, 7) is 3.10. The zero-order valence-electron chi connectivity index (χ0n) is 13.3. The van der Waals surface area contributed by atoms with Crippen molar-refractivity contribution in [2.75, 3.05) is 23.3 Å². The van der Waals surface area contributed by atoms with Crippen LogP contribution in [0, 0.1) is 12.8 Å². The third kappa shape index (κ3) is 3.56. The maximum Gasteiger partial charge on any atom is 0.285 e. The van der Waals surface area contributed by atoms with Gasteiger partial charge in [-0.1, -0.05) is 17.7 Å². The highest BCUT2D eigenvalue weighted by Crippen LogP contribution is 2.27. The zero-order valence-corrected chi connectivity index (χ0v) is 14.0. The lowest BCUT2D eigenvalue weighted by Gasteiger charge is -2.33. The Hall–Kier alpha value is -2.41. The number of rotatable bonds is 3. The summed E-state index contributed by atoms with van der Waals surface area (Å²) in [5.41, 5.74) is 0.982. The Bertz CT molecular complexity index is 807. The molecule has 1 saturated heterocycles. The first-order valence-corrected chi connectivity index (χ1v) is 8.15. The standard InChI is InChI=1S/C16H18ClN5O2/c1-10-4-2-6-13(19-10)20-15(23)11-5-3-7-22(9-11)12-8-18-21-16(24)14(12)17/h2,4,6,8,11H,3,5,7,9H2,1H3,(H,21,24)(H,19,20,23)/t11-/m1/s1. The van der Waals surface area contributed by atoms with E-state index in [1.54, 1.807) is 6.07 Å². The molecule has 3 rings (SSSR count). The highest BCUT2D eigenvalue weighted by Gasteiger charge is 2.27. The molecule has 0 saturated carbocycles. The van der Waals surface area contributed by atoms with Crippen molar-refractivity contribution in [1.29, 1.82) is 0 Å². The summed E-state index contributed by atoms with van der Waals surface area (Å²) in [4.78, 5) is 30.3. The van der Waals surface area contributed by atoms with Crippen LogP contribution >= 0.6 is 11.6 Å². The number of carbonyl (C=O) groups is 1. The molecule has 24 heavy (non-hydrogen) atoms. The van der Waals surface area contributed by atoms with E-state index in [-0.39, 0.29) is 16.8 Å². The van der Waals surface area contributed by atoms with Crippen LogP contribution < -0.4 is 15.8 Å². The second-order valence-corrected chi connectivity index (χ2v) is 6.21. The molecule has 2 aromatic heterocycles. The van der Waals surface area contributed by atoms with Gasteiger partial charge in [-0.05, 0) is 31.9 Å². The fourth-order valence-corrected chi connectivity index (χ4v) is 3.06. The Morgan fingerprint density at radius 1 is 1.46 bits per heavy atom. The predicted molar refractivity (Wildman–Crippen MR) is 92.4 cm³/mol. The fraction of sp³-hybridized carbons (Fsp3) is 0.375. The first-order chi connectivity index (χ1) is 11.5. The summed E-state index contributed by atoms with van der Waals surface area (Å²) in [6.07, 6.45) is 3.14. The molecule has 7 nitrogen and oxygen atoms in total. The van der Waals surface area contributed by atoms with Gasteiger partial charge in [0.2, 0.25) is 5.91 Å². The first-order valence-electron chi connectivity index (χ1n) is 7.77. The molecule has 1 fully saturated rings. The van der Waals surface area contributed by atoms with Crippen LogP contribution in [-0.4, -0.2) is 34.2 Å². The number of piperidine rings is 1. The fourth-order valence-electron chi connectivity index (χ4n) is 2.85. The van der Waals surface area contributed by atoms with E-state index in [0.717, 1.165) is 25.1 Å². The van der Waals surface area contributed by atoms with E-state index in [0.29, 0.717) is 18.1 Å². The van der Waals surface area contributed by atoms with Crippen molar-refractivity contribution in [2.24, 2.45) is 5.92 Å². The van der Waals surface area contributed by atoms with Crippen molar-refractivity contribution in [3.8, 4) is 0 Å². The molecule has 126 valence electrons. The Balaban J connectivity index is 1.72. The average Bonchev–Trinajstić information content (AvgIpc) is 2.57. The van der Waals surface area contributed by atoms with Crippen molar-refractivity contribution in [3.05, 3.63) is 45.5 Å². The molecule has 1 aliphatic heterocycles. The quantitative estimate of drug-likeness (QED) is 0.886. The van der Waals surface area contributed by atoms with Gasteiger partial charge >= 0.3 is 0 Å². The lowest BCUT2D eigenvalue weighted by Crippen LogP contribution is -2.41. The number of amides is 1. The third-order valence-electron chi connectivity index (χ3n) is 4.05. The summed E-state index contributed by atoms with van der Waals surface area (Å²) in [7, 11) is 0. The van der Waals surface area contributed by atoms with E-state index in [9.17, 15) is 9.59 Å². The average molecular weight is 348 g/mol. The summed E-state index contributed by atoms with van der Waals surface area (Å²) < 4.78 is 0. The van der Waals surface area contributed by atoms with E-state index in [1.807, 2.05) is 24.0 Å². The number of hydrogen-bond donors (Lipinski definition) is 2. The number of aromatic amines is 1. The molecule has 2 aromatic rings. The maximum absolute atomic E-state index is 12.5. The van der Waals surface area contributed by atoms with E-state index in [1.165, 1.54) is 6.20 Å². The molecule has 0 aromatic carbocycles. The van der Waals surface area contributed by atoms with Gasteiger partial charge in [0.15, 0.2) is 0 Å². The van der Waals surface area contributed by atoms with Crippen molar-refractivity contribution >= 4 is 29.0 Å². The third-order valence-corrected chi connectivity index (χ3v) is 4.41. The van der Waals surface area contributed by atoms with Crippen LogP contribution in [0.25, 0.3) is 0 Å². The number of anilines is 2. The van der Waals surface area contributed by atoms with Gasteiger partial charge in [-0.25, -0.2) is 10.1 Å². The van der Waals surface area contributed by atoms with Gasteiger partial charge in [-0.2, -0.15) is 5.10 Å². The van der Waals surface area contributed by atoms with Crippen molar-refractivity contribution in [3.63, 3.8) is 0 Å². The monoisotopic (exact) mass is 347 g/mol. The lowest BCUT2D eigenvalue weighted by molar-refractivity contribution is -0.120. The molecular weight excluding hydrogens is 330 g/mol. The van der Waals surface area contributed by atoms with Gasteiger partial charge in [0, 0.05) is 18.8 Å². The number of carbonyl (C=O) groups excluding carboxylic acids is 1. The number of halogens is 1. The zero-order chi connectivity index (χ0) is 17.1. The molecule has 0 unspecified atom stereocenters. The highest BCUT2D eigenvalue weighted by atomic mass is 35.5. The molecule has 1 atom stereocenters. The van der Waals surface area contributed by atoms with Crippen molar-refractivity contribution < 1.29 is 4.79 Å². The van der Waals surface area contributed by atoms with Crippen LogP contribution in [-0.2, 0) is 4.79 Å². The van der Waals surface area contributed by atoms with E-state index in [4.69, 9.17) is 11.6 Å². The van der Waals surface area contributed by atoms with E-state index in [2.05, 4.69) is 20.5 Å². The van der Waals surface area contributed by atoms with Gasteiger partial charge in [0.05, 0.1) is 17.8 Å². The van der Waals surface area contributed by atoms with E-state index < -0.39 is 5.56 Å². The molecule has 0 radical (unpaired) electrons. The molecule has 3 heterocycles.